The highest BCUT2D eigenvalue weighted by molar-refractivity contribution is 5.94. The third kappa shape index (κ3) is 5.05. The highest BCUT2D eigenvalue weighted by Crippen LogP contribution is 2.06. The third-order valence-electron chi connectivity index (χ3n) is 3.30. The molecule has 0 saturated heterocycles. The molecule has 0 atom stereocenters. The van der Waals surface area contributed by atoms with Crippen molar-refractivity contribution >= 4 is 17.7 Å². The SMILES string of the molecule is Cc1ccc(C(=O)OCC(=O)COC(=O)c2ccc(C)cc2)cc1. The van der Waals surface area contributed by atoms with Crippen LogP contribution in [0.2, 0.25) is 0 Å². The van der Waals surface area contributed by atoms with Crippen molar-refractivity contribution in [2.24, 2.45) is 0 Å². The molecular formula is C19H18O5. The highest BCUT2D eigenvalue weighted by Gasteiger charge is 2.13. The van der Waals surface area contributed by atoms with Crippen LogP contribution in [0.3, 0.4) is 0 Å². The molecule has 0 bridgehead atoms. The number of aryl methyl sites for hydroxylation is 2. The van der Waals surface area contributed by atoms with Gasteiger partial charge in [0.15, 0.2) is 13.2 Å². The number of ether oxygens (including phenoxy) is 2. The molecule has 124 valence electrons. The summed E-state index contributed by atoms with van der Waals surface area (Å²) in [6.07, 6.45) is 0. The van der Waals surface area contributed by atoms with Gasteiger partial charge in [-0.3, -0.25) is 4.79 Å². The average Bonchev–Trinajstić information content (AvgIpc) is 2.58. The Labute approximate surface area is 140 Å². The molecule has 5 heteroatoms. The Morgan fingerprint density at radius 1 is 0.667 bits per heavy atom. The standard InChI is InChI=1S/C19H18O5/c1-13-3-7-15(8-4-13)18(21)23-11-17(20)12-24-19(22)16-9-5-14(2)6-10-16/h3-10H,11-12H2,1-2H3. The first-order valence-corrected chi connectivity index (χ1v) is 7.45. The molecule has 0 aliphatic carbocycles. The number of hydrogen-bond donors (Lipinski definition) is 0. The molecule has 0 fully saturated rings. The topological polar surface area (TPSA) is 69.7 Å². The Kier molecular flexibility index (Phi) is 5.84. The van der Waals surface area contributed by atoms with Gasteiger partial charge in [-0.25, -0.2) is 9.59 Å². The number of carbonyl (C=O) groups excluding carboxylic acids is 3. The van der Waals surface area contributed by atoms with Crippen LogP contribution in [-0.2, 0) is 14.3 Å². The number of esters is 2. The summed E-state index contributed by atoms with van der Waals surface area (Å²) >= 11 is 0. The van der Waals surface area contributed by atoms with Crippen molar-refractivity contribution in [3.05, 3.63) is 70.8 Å². The Morgan fingerprint density at radius 3 is 1.33 bits per heavy atom. The molecule has 5 nitrogen and oxygen atoms in total. The zero-order chi connectivity index (χ0) is 17.5. The van der Waals surface area contributed by atoms with E-state index in [9.17, 15) is 14.4 Å². The van der Waals surface area contributed by atoms with Gasteiger partial charge in [0.25, 0.3) is 0 Å². The molecule has 0 aromatic heterocycles. The fourth-order valence-corrected chi connectivity index (χ4v) is 1.88. The molecule has 0 radical (unpaired) electrons. The van der Waals surface area contributed by atoms with Gasteiger partial charge < -0.3 is 9.47 Å². The molecule has 0 heterocycles. The summed E-state index contributed by atoms with van der Waals surface area (Å²) in [7, 11) is 0. The normalized spacial score (nSPS) is 10.1. The first-order valence-electron chi connectivity index (χ1n) is 7.45. The first-order chi connectivity index (χ1) is 11.5. The van der Waals surface area contributed by atoms with Crippen molar-refractivity contribution in [3.63, 3.8) is 0 Å². The number of carbonyl (C=O) groups is 3. The van der Waals surface area contributed by atoms with Crippen molar-refractivity contribution in [3.8, 4) is 0 Å². The van der Waals surface area contributed by atoms with Crippen molar-refractivity contribution < 1.29 is 23.9 Å². The fraction of sp³-hybridized carbons (Fsp3) is 0.211. The number of Topliss-reactive ketones (excluding diaryl/α,β-unsaturated/α-hetero) is 1. The van der Waals surface area contributed by atoms with Gasteiger partial charge in [0.2, 0.25) is 5.78 Å². The smallest absolute Gasteiger partial charge is 0.338 e. The van der Waals surface area contributed by atoms with E-state index in [2.05, 4.69) is 0 Å². The quantitative estimate of drug-likeness (QED) is 0.763. The molecule has 0 unspecified atom stereocenters. The molecule has 2 aromatic rings. The average molecular weight is 326 g/mol. The van der Waals surface area contributed by atoms with E-state index in [1.807, 2.05) is 13.8 Å². The van der Waals surface area contributed by atoms with Crippen LogP contribution in [-0.4, -0.2) is 30.9 Å². The molecule has 0 saturated carbocycles. The summed E-state index contributed by atoms with van der Waals surface area (Å²) in [5.74, 6) is -1.67. The predicted molar refractivity (Wildman–Crippen MR) is 87.9 cm³/mol. The summed E-state index contributed by atoms with van der Waals surface area (Å²) in [4.78, 5) is 35.2. The summed E-state index contributed by atoms with van der Waals surface area (Å²) in [6, 6.07) is 13.6. The van der Waals surface area contributed by atoms with Crippen LogP contribution < -0.4 is 0 Å². The molecule has 0 N–H and O–H groups in total. The molecule has 0 aliphatic heterocycles. The minimum absolute atomic E-state index is 0.366. The van der Waals surface area contributed by atoms with Gasteiger partial charge >= 0.3 is 11.9 Å². The maximum atomic E-state index is 11.8. The third-order valence-corrected chi connectivity index (χ3v) is 3.30. The number of ketones is 1. The van der Waals surface area contributed by atoms with Crippen LogP contribution in [0, 0.1) is 13.8 Å². The second kappa shape index (κ2) is 8.06. The minimum atomic E-state index is -0.590. The maximum Gasteiger partial charge on any atom is 0.338 e. The molecule has 0 amide bonds. The van der Waals surface area contributed by atoms with Gasteiger partial charge in [-0.2, -0.15) is 0 Å². The van der Waals surface area contributed by atoms with Crippen molar-refractivity contribution in [1.82, 2.24) is 0 Å². The minimum Gasteiger partial charge on any atom is -0.454 e. The van der Waals surface area contributed by atoms with Gasteiger partial charge in [0.1, 0.15) is 0 Å². The molecule has 24 heavy (non-hydrogen) atoms. The largest absolute Gasteiger partial charge is 0.454 e. The Bertz CT molecular complexity index is 666. The maximum absolute atomic E-state index is 11.8. The number of hydrogen-bond acceptors (Lipinski definition) is 5. The van der Waals surface area contributed by atoms with Crippen molar-refractivity contribution in [2.75, 3.05) is 13.2 Å². The Balaban J connectivity index is 1.77. The lowest BCUT2D eigenvalue weighted by Gasteiger charge is -2.06. The number of benzene rings is 2. The van der Waals surface area contributed by atoms with Crippen LogP contribution in [0.5, 0.6) is 0 Å². The van der Waals surface area contributed by atoms with Gasteiger partial charge in [0, 0.05) is 0 Å². The lowest BCUT2D eigenvalue weighted by Crippen LogP contribution is -2.20. The van der Waals surface area contributed by atoms with Gasteiger partial charge in [-0.1, -0.05) is 35.4 Å². The lowest BCUT2D eigenvalue weighted by atomic mass is 10.1. The first kappa shape index (κ1) is 17.4. The predicted octanol–water partition coefficient (Wildman–Crippen LogP) is 2.89. The van der Waals surface area contributed by atoms with Crippen LogP contribution in [0.4, 0.5) is 0 Å². The zero-order valence-corrected chi connectivity index (χ0v) is 13.6. The highest BCUT2D eigenvalue weighted by atomic mass is 16.6. The summed E-state index contributed by atoms with van der Waals surface area (Å²) in [5, 5.41) is 0. The van der Waals surface area contributed by atoms with E-state index in [4.69, 9.17) is 9.47 Å². The molecule has 2 aromatic carbocycles. The number of rotatable bonds is 6. The van der Waals surface area contributed by atoms with E-state index < -0.39 is 30.9 Å². The zero-order valence-electron chi connectivity index (χ0n) is 13.6. The van der Waals surface area contributed by atoms with Crippen LogP contribution in [0.15, 0.2) is 48.5 Å². The summed E-state index contributed by atoms with van der Waals surface area (Å²) < 4.78 is 9.81. The molecular weight excluding hydrogens is 308 g/mol. The van der Waals surface area contributed by atoms with Crippen LogP contribution >= 0.6 is 0 Å². The second-order valence-corrected chi connectivity index (χ2v) is 5.42. The van der Waals surface area contributed by atoms with Crippen LogP contribution in [0.25, 0.3) is 0 Å². The van der Waals surface area contributed by atoms with Gasteiger partial charge in [-0.05, 0) is 38.1 Å². The summed E-state index contributed by atoms with van der Waals surface area (Å²) in [5.41, 5.74) is 2.77. The van der Waals surface area contributed by atoms with E-state index in [0.29, 0.717) is 11.1 Å². The van der Waals surface area contributed by atoms with E-state index in [1.54, 1.807) is 48.5 Å². The second-order valence-electron chi connectivity index (χ2n) is 5.42. The summed E-state index contributed by atoms with van der Waals surface area (Å²) in [6.45, 7) is 2.93. The molecule has 0 aliphatic rings. The van der Waals surface area contributed by atoms with Crippen LogP contribution in [0.1, 0.15) is 31.8 Å². The van der Waals surface area contributed by atoms with E-state index >= 15 is 0 Å². The van der Waals surface area contributed by atoms with E-state index in [1.165, 1.54) is 0 Å². The lowest BCUT2D eigenvalue weighted by molar-refractivity contribution is -0.125. The Morgan fingerprint density at radius 2 is 1.00 bits per heavy atom. The van der Waals surface area contributed by atoms with Crippen molar-refractivity contribution in [2.45, 2.75) is 13.8 Å². The monoisotopic (exact) mass is 326 g/mol. The van der Waals surface area contributed by atoms with E-state index in [0.717, 1.165) is 11.1 Å². The fourth-order valence-electron chi connectivity index (χ4n) is 1.88. The van der Waals surface area contributed by atoms with Gasteiger partial charge in [-0.15, -0.1) is 0 Å². The Hall–Kier alpha value is -2.95. The molecule has 2 rings (SSSR count). The molecule has 0 spiro atoms. The van der Waals surface area contributed by atoms with Crippen molar-refractivity contribution in [1.29, 1.82) is 0 Å². The van der Waals surface area contributed by atoms with Gasteiger partial charge in [0.05, 0.1) is 11.1 Å². The van der Waals surface area contributed by atoms with E-state index in [-0.39, 0.29) is 0 Å².